The van der Waals surface area contributed by atoms with E-state index in [-0.39, 0.29) is 29.7 Å². The number of ether oxygens (including phenoxy) is 2. The molecule has 0 saturated heterocycles. The van der Waals surface area contributed by atoms with Crippen molar-refractivity contribution >= 4 is 23.6 Å². The van der Waals surface area contributed by atoms with Crippen LogP contribution in [0.2, 0.25) is 0 Å². The molecule has 1 aliphatic heterocycles. The third-order valence-electron chi connectivity index (χ3n) is 4.62. The van der Waals surface area contributed by atoms with Gasteiger partial charge in [0.25, 0.3) is 0 Å². The van der Waals surface area contributed by atoms with Gasteiger partial charge in [0.1, 0.15) is 13.2 Å². The van der Waals surface area contributed by atoms with Crippen molar-refractivity contribution in [1.29, 1.82) is 0 Å². The number of likely N-dealkylation sites (N-methyl/N-ethyl adjacent to an activating group) is 1. The molecule has 0 unspecified atom stereocenters. The van der Waals surface area contributed by atoms with Gasteiger partial charge in [-0.3, -0.25) is 9.59 Å². The Kier molecular flexibility index (Phi) is 7.15. The summed E-state index contributed by atoms with van der Waals surface area (Å²) in [4.78, 5) is 30.5. The fraction of sp³-hybridized carbons (Fsp3) is 0.500. The highest BCUT2D eigenvalue weighted by atomic mass is 32.2. The number of carbonyl (C=O) groups is 2. The number of benzene rings is 1. The summed E-state index contributed by atoms with van der Waals surface area (Å²) in [7, 11) is 1.64. The Morgan fingerprint density at radius 1 is 1.23 bits per heavy atom. The lowest BCUT2D eigenvalue weighted by molar-refractivity contribution is -0.133. The van der Waals surface area contributed by atoms with Crippen LogP contribution in [0.5, 0.6) is 11.5 Å². The van der Waals surface area contributed by atoms with E-state index in [2.05, 4.69) is 14.9 Å². The molecule has 1 N–H and O–H groups in total. The number of rotatable bonds is 7. The van der Waals surface area contributed by atoms with Gasteiger partial charge in [0.15, 0.2) is 16.7 Å². The van der Waals surface area contributed by atoms with Crippen molar-refractivity contribution in [3.63, 3.8) is 0 Å². The second-order valence-corrected chi connectivity index (χ2v) is 9.31. The van der Waals surface area contributed by atoms with Crippen molar-refractivity contribution in [3.8, 4) is 22.8 Å². The van der Waals surface area contributed by atoms with Crippen LogP contribution in [-0.2, 0) is 16.1 Å². The Morgan fingerprint density at radius 2 is 1.94 bits per heavy atom. The maximum Gasteiger partial charge on any atom is 0.240 e. The Hall–Kier alpha value is -2.68. The summed E-state index contributed by atoms with van der Waals surface area (Å²) in [5, 5.41) is 3.62. The van der Waals surface area contributed by atoms with E-state index in [1.807, 2.05) is 52.1 Å². The highest BCUT2D eigenvalue weighted by Crippen LogP contribution is 2.35. The normalized spacial score (nSPS) is 13.1. The van der Waals surface area contributed by atoms with Gasteiger partial charge in [-0.2, -0.15) is 0 Å². The molecule has 2 aromatic rings. The van der Waals surface area contributed by atoms with Crippen LogP contribution in [0.4, 0.5) is 0 Å². The Bertz CT molecular complexity index is 951. The molecule has 1 aromatic heterocycles. The first kappa shape index (κ1) is 23.0. The zero-order chi connectivity index (χ0) is 22.6. The number of nitrogens with one attached hydrogen (secondary N) is 1. The second-order valence-electron chi connectivity index (χ2n) is 8.37. The van der Waals surface area contributed by atoms with E-state index in [0.717, 1.165) is 27.9 Å². The third-order valence-corrected chi connectivity index (χ3v) is 5.59. The van der Waals surface area contributed by atoms with Gasteiger partial charge in [-0.25, -0.2) is 4.98 Å². The topological polar surface area (TPSA) is 85.7 Å². The first-order valence-electron chi connectivity index (χ1n) is 10.3. The number of hydrogen-bond donors (Lipinski definition) is 1. The van der Waals surface area contributed by atoms with Gasteiger partial charge >= 0.3 is 0 Å². The average Bonchev–Trinajstić information content (AvgIpc) is 3.13. The van der Waals surface area contributed by atoms with Crippen LogP contribution in [0.15, 0.2) is 29.6 Å². The molecule has 0 fully saturated rings. The zero-order valence-electron chi connectivity index (χ0n) is 18.7. The number of imidazole rings is 1. The molecule has 9 heteroatoms. The number of hydrogen-bond acceptors (Lipinski definition) is 6. The van der Waals surface area contributed by atoms with E-state index in [1.54, 1.807) is 7.05 Å². The molecular weight excluding hydrogens is 416 g/mol. The summed E-state index contributed by atoms with van der Waals surface area (Å²) in [6.07, 6.45) is 1.81. The van der Waals surface area contributed by atoms with Crippen LogP contribution >= 0.6 is 11.8 Å². The maximum atomic E-state index is 12.5. The van der Waals surface area contributed by atoms with Gasteiger partial charge < -0.3 is 24.3 Å². The van der Waals surface area contributed by atoms with Crippen LogP contribution < -0.4 is 14.8 Å². The third kappa shape index (κ3) is 5.94. The molecule has 168 valence electrons. The minimum Gasteiger partial charge on any atom is -0.486 e. The predicted molar refractivity (Wildman–Crippen MR) is 121 cm³/mol. The number of carbonyl (C=O) groups excluding carboxylic acids is 2. The van der Waals surface area contributed by atoms with Crippen molar-refractivity contribution < 1.29 is 19.1 Å². The number of aromatic nitrogens is 2. The molecule has 1 aromatic carbocycles. The Balaban J connectivity index is 1.65. The van der Waals surface area contributed by atoms with Gasteiger partial charge in [-0.05, 0) is 45.9 Å². The van der Waals surface area contributed by atoms with Crippen molar-refractivity contribution in [1.82, 2.24) is 19.8 Å². The summed E-state index contributed by atoms with van der Waals surface area (Å²) in [6, 6.07) is 5.85. The first-order valence-corrected chi connectivity index (χ1v) is 11.3. The van der Waals surface area contributed by atoms with Crippen molar-refractivity contribution in [2.75, 3.05) is 32.6 Å². The highest BCUT2D eigenvalue weighted by molar-refractivity contribution is 7.99. The summed E-state index contributed by atoms with van der Waals surface area (Å²) in [5.41, 5.74) is 1.60. The lowest BCUT2D eigenvalue weighted by Gasteiger charge is -2.23. The number of nitrogens with zero attached hydrogens (tertiary/aromatic N) is 3. The van der Waals surface area contributed by atoms with E-state index in [0.29, 0.717) is 19.8 Å². The number of fused-ring (bicyclic) bond motifs is 1. The summed E-state index contributed by atoms with van der Waals surface area (Å²) < 4.78 is 13.4. The van der Waals surface area contributed by atoms with Crippen LogP contribution in [0.3, 0.4) is 0 Å². The molecule has 0 atom stereocenters. The lowest BCUT2D eigenvalue weighted by Crippen LogP contribution is -2.46. The SMILES string of the molecule is CCn1c(-c2ccc3c(c2)OCCO3)cnc1SCC(=O)N(C)CC(=O)NC(C)(C)C. The predicted octanol–water partition coefficient (Wildman–Crippen LogP) is 2.81. The minimum absolute atomic E-state index is 0.0291. The van der Waals surface area contributed by atoms with Crippen LogP contribution in [0, 0.1) is 0 Å². The van der Waals surface area contributed by atoms with Crippen LogP contribution in [0.1, 0.15) is 27.7 Å². The van der Waals surface area contributed by atoms with Crippen LogP contribution in [-0.4, -0.2) is 64.4 Å². The molecule has 0 saturated carbocycles. The van der Waals surface area contributed by atoms with Gasteiger partial charge in [-0.1, -0.05) is 11.8 Å². The second kappa shape index (κ2) is 9.64. The van der Waals surface area contributed by atoms with Crippen molar-refractivity contribution in [3.05, 3.63) is 24.4 Å². The van der Waals surface area contributed by atoms with Gasteiger partial charge in [0.2, 0.25) is 11.8 Å². The summed E-state index contributed by atoms with van der Waals surface area (Å²) >= 11 is 1.37. The monoisotopic (exact) mass is 446 g/mol. The van der Waals surface area contributed by atoms with Crippen molar-refractivity contribution in [2.45, 2.75) is 44.9 Å². The molecule has 2 amide bonds. The summed E-state index contributed by atoms with van der Waals surface area (Å²) in [5.74, 6) is 1.38. The Morgan fingerprint density at radius 3 is 2.61 bits per heavy atom. The molecule has 0 aliphatic carbocycles. The molecule has 0 spiro atoms. The molecular formula is C22H30N4O4S. The average molecular weight is 447 g/mol. The van der Waals surface area contributed by atoms with Crippen molar-refractivity contribution in [2.24, 2.45) is 0 Å². The van der Waals surface area contributed by atoms with E-state index >= 15 is 0 Å². The molecule has 31 heavy (non-hydrogen) atoms. The molecule has 3 rings (SSSR count). The molecule has 0 bridgehead atoms. The van der Waals surface area contributed by atoms with Gasteiger partial charge in [-0.15, -0.1) is 0 Å². The van der Waals surface area contributed by atoms with Gasteiger partial charge in [0.05, 0.1) is 24.2 Å². The van der Waals surface area contributed by atoms with E-state index in [9.17, 15) is 9.59 Å². The zero-order valence-corrected chi connectivity index (χ0v) is 19.5. The number of amides is 2. The molecule has 2 heterocycles. The van der Waals surface area contributed by atoms with E-state index in [1.165, 1.54) is 16.7 Å². The first-order chi connectivity index (χ1) is 14.7. The summed E-state index contributed by atoms with van der Waals surface area (Å²) in [6.45, 7) is 9.60. The standard InChI is InChI=1S/C22H30N4O4S/c1-6-26-16(15-7-8-17-18(11-15)30-10-9-29-17)12-23-21(26)31-14-20(28)25(5)13-19(27)24-22(2,3)4/h7-8,11-12H,6,9-10,13-14H2,1-5H3,(H,24,27). The fourth-order valence-electron chi connectivity index (χ4n) is 3.21. The van der Waals surface area contributed by atoms with E-state index in [4.69, 9.17) is 9.47 Å². The van der Waals surface area contributed by atoms with E-state index < -0.39 is 0 Å². The fourth-order valence-corrected chi connectivity index (χ4v) is 4.19. The largest absolute Gasteiger partial charge is 0.486 e. The van der Waals surface area contributed by atoms with Gasteiger partial charge in [0, 0.05) is 24.7 Å². The quantitative estimate of drug-likeness (QED) is 0.659. The Labute approximate surface area is 187 Å². The number of thioether (sulfide) groups is 1. The smallest absolute Gasteiger partial charge is 0.240 e. The molecule has 1 aliphatic rings. The maximum absolute atomic E-state index is 12.5. The highest BCUT2D eigenvalue weighted by Gasteiger charge is 2.20. The minimum atomic E-state index is -0.328. The lowest BCUT2D eigenvalue weighted by atomic mass is 10.1. The van der Waals surface area contributed by atoms with Crippen LogP contribution in [0.25, 0.3) is 11.3 Å². The molecule has 8 nitrogen and oxygen atoms in total. The molecule has 0 radical (unpaired) electrons.